The summed E-state index contributed by atoms with van der Waals surface area (Å²) in [4.78, 5) is 26.5. The van der Waals surface area contributed by atoms with E-state index < -0.39 is 33.4 Å². The standard InChI is InChI=1S/C19H27N3O6S/c20-15-8-4-5-9-16(15)21-18(23)17-10-14(29(25,26)27)11-22(17)19(24)28-12-13-6-2-1-3-7-13/h1-3,6-7,14-17H,4-5,8-12,20H2,(H,21,23)(H,25,26,27)/t14-,15+,16?,17-/m0/s1. The van der Waals surface area contributed by atoms with E-state index in [0.717, 1.165) is 36.1 Å². The third-order valence-corrected chi connectivity index (χ3v) is 6.76. The van der Waals surface area contributed by atoms with E-state index in [4.69, 9.17) is 10.5 Å². The fraction of sp³-hybridized carbons (Fsp3) is 0.579. The number of ether oxygens (including phenoxy) is 1. The van der Waals surface area contributed by atoms with Crippen LogP contribution in [0.1, 0.15) is 37.7 Å². The van der Waals surface area contributed by atoms with Gasteiger partial charge in [0.25, 0.3) is 10.1 Å². The summed E-state index contributed by atoms with van der Waals surface area (Å²) in [6.45, 7) is -0.310. The summed E-state index contributed by atoms with van der Waals surface area (Å²) < 4.78 is 37.9. The molecule has 29 heavy (non-hydrogen) atoms. The van der Waals surface area contributed by atoms with Crippen LogP contribution in [0.2, 0.25) is 0 Å². The van der Waals surface area contributed by atoms with E-state index in [-0.39, 0.29) is 31.7 Å². The van der Waals surface area contributed by atoms with Crippen LogP contribution in [0.25, 0.3) is 0 Å². The van der Waals surface area contributed by atoms with Gasteiger partial charge >= 0.3 is 6.09 Å². The zero-order valence-electron chi connectivity index (χ0n) is 16.1. The molecule has 4 atom stereocenters. The van der Waals surface area contributed by atoms with E-state index >= 15 is 0 Å². The Morgan fingerprint density at radius 1 is 1.21 bits per heavy atom. The minimum atomic E-state index is -4.40. The first-order valence-corrected chi connectivity index (χ1v) is 11.3. The minimum absolute atomic E-state index is 0.00540. The Labute approximate surface area is 170 Å². The van der Waals surface area contributed by atoms with Crippen molar-refractivity contribution in [3.05, 3.63) is 35.9 Å². The molecule has 9 nitrogen and oxygen atoms in total. The highest BCUT2D eigenvalue weighted by Crippen LogP contribution is 2.25. The van der Waals surface area contributed by atoms with Gasteiger partial charge in [0.1, 0.15) is 17.9 Å². The lowest BCUT2D eigenvalue weighted by Crippen LogP contribution is -2.54. The summed E-state index contributed by atoms with van der Waals surface area (Å²) in [5.41, 5.74) is 6.84. The number of benzene rings is 1. The quantitative estimate of drug-likeness (QED) is 0.599. The maximum Gasteiger partial charge on any atom is 0.410 e. The molecule has 1 unspecified atom stereocenters. The van der Waals surface area contributed by atoms with Crippen LogP contribution < -0.4 is 11.1 Å². The van der Waals surface area contributed by atoms with E-state index in [9.17, 15) is 22.6 Å². The van der Waals surface area contributed by atoms with Crippen LogP contribution in [0.3, 0.4) is 0 Å². The topological polar surface area (TPSA) is 139 Å². The molecule has 1 aliphatic heterocycles. The summed E-state index contributed by atoms with van der Waals surface area (Å²) in [6.07, 6.45) is 2.49. The summed E-state index contributed by atoms with van der Waals surface area (Å²) >= 11 is 0. The predicted octanol–water partition coefficient (Wildman–Crippen LogP) is 1.04. The van der Waals surface area contributed by atoms with Gasteiger partial charge in [0, 0.05) is 18.6 Å². The van der Waals surface area contributed by atoms with Gasteiger partial charge in [0.2, 0.25) is 5.91 Å². The molecule has 160 valence electrons. The van der Waals surface area contributed by atoms with Gasteiger partial charge < -0.3 is 15.8 Å². The fourth-order valence-corrected chi connectivity index (χ4v) is 4.66. The van der Waals surface area contributed by atoms with E-state index in [2.05, 4.69) is 5.32 Å². The lowest BCUT2D eigenvalue weighted by Gasteiger charge is -2.31. The van der Waals surface area contributed by atoms with E-state index in [0.29, 0.717) is 0 Å². The van der Waals surface area contributed by atoms with Gasteiger partial charge in [0.05, 0.1) is 0 Å². The average molecular weight is 426 g/mol. The van der Waals surface area contributed by atoms with E-state index in [1.165, 1.54) is 0 Å². The average Bonchev–Trinajstić information content (AvgIpc) is 3.15. The van der Waals surface area contributed by atoms with Crippen molar-refractivity contribution < 1.29 is 27.3 Å². The lowest BCUT2D eigenvalue weighted by molar-refractivity contribution is -0.126. The molecule has 0 aromatic heterocycles. The van der Waals surface area contributed by atoms with Crippen LogP contribution >= 0.6 is 0 Å². The van der Waals surface area contributed by atoms with Crippen molar-refractivity contribution in [2.75, 3.05) is 6.54 Å². The molecule has 2 aliphatic rings. The highest BCUT2D eigenvalue weighted by atomic mass is 32.2. The van der Waals surface area contributed by atoms with Crippen LogP contribution in [0.4, 0.5) is 4.79 Å². The zero-order valence-corrected chi connectivity index (χ0v) is 16.9. The van der Waals surface area contributed by atoms with E-state index in [1.807, 2.05) is 6.07 Å². The Morgan fingerprint density at radius 3 is 2.55 bits per heavy atom. The fourth-order valence-electron chi connectivity index (χ4n) is 3.88. The number of nitrogens with zero attached hydrogens (tertiary/aromatic N) is 1. The van der Waals surface area contributed by atoms with Crippen LogP contribution in [-0.2, 0) is 26.3 Å². The third kappa shape index (κ3) is 5.46. The van der Waals surface area contributed by atoms with Gasteiger partial charge in [-0.25, -0.2) is 4.79 Å². The normalized spacial score (nSPS) is 27.4. The molecule has 1 saturated heterocycles. The van der Waals surface area contributed by atoms with Gasteiger partial charge in [-0.2, -0.15) is 8.42 Å². The molecular weight excluding hydrogens is 398 g/mol. The summed E-state index contributed by atoms with van der Waals surface area (Å²) in [6, 6.07) is 7.57. The van der Waals surface area contributed by atoms with Crippen molar-refractivity contribution in [3.8, 4) is 0 Å². The molecule has 10 heteroatoms. The molecule has 2 fully saturated rings. The number of hydrogen-bond acceptors (Lipinski definition) is 6. The summed E-state index contributed by atoms with van der Waals surface area (Å²) in [5, 5.41) is 1.62. The number of nitrogens with one attached hydrogen (secondary N) is 1. The van der Waals surface area contributed by atoms with Crippen molar-refractivity contribution in [1.29, 1.82) is 0 Å². The summed E-state index contributed by atoms with van der Waals surface area (Å²) in [5.74, 6) is -0.477. The van der Waals surface area contributed by atoms with Gasteiger partial charge in [-0.15, -0.1) is 0 Å². The van der Waals surface area contributed by atoms with Crippen molar-refractivity contribution in [3.63, 3.8) is 0 Å². The molecule has 1 aromatic carbocycles. The molecule has 2 amide bonds. The predicted molar refractivity (Wildman–Crippen MR) is 105 cm³/mol. The van der Waals surface area contributed by atoms with Crippen molar-refractivity contribution in [2.24, 2.45) is 5.73 Å². The number of likely N-dealkylation sites (tertiary alicyclic amines) is 1. The van der Waals surface area contributed by atoms with Crippen LogP contribution in [-0.4, -0.2) is 59.8 Å². The molecular formula is C19H27N3O6S. The number of hydrogen-bond donors (Lipinski definition) is 3. The first-order chi connectivity index (χ1) is 13.8. The molecule has 4 N–H and O–H groups in total. The maximum absolute atomic E-state index is 12.8. The second-order valence-corrected chi connectivity index (χ2v) is 9.34. The lowest BCUT2D eigenvalue weighted by atomic mass is 9.91. The molecule has 1 heterocycles. The number of rotatable bonds is 5. The van der Waals surface area contributed by atoms with Gasteiger partial charge in [-0.1, -0.05) is 43.2 Å². The Balaban J connectivity index is 1.69. The Kier molecular flexibility index (Phi) is 6.76. The molecule has 1 saturated carbocycles. The Bertz CT molecular complexity index is 832. The second-order valence-electron chi connectivity index (χ2n) is 7.64. The second kappa shape index (κ2) is 9.10. The van der Waals surface area contributed by atoms with Crippen molar-refractivity contribution in [1.82, 2.24) is 10.2 Å². The van der Waals surface area contributed by atoms with Crippen molar-refractivity contribution >= 4 is 22.1 Å². The van der Waals surface area contributed by atoms with Crippen LogP contribution in [0.5, 0.6) is 0 Å². The first-order valence-electron chi connectivity index (χ1n) is 9.75. The molecule has 0 bridgehead atoms. The Hall–Kier alpha value is -2.17. The maximum atomic E-state index is 12.8. The number of amides is 2. The first kappa shape index (κ1) is 21.5. The number of carbonyl (C=O) groups excluding carboxylic acids is 2. The molecule has 3 rings (SSSR count). The van der Waals surface area contributed by atoms with Gasteiger partial charge in [-0.05, 0) is 24.8 Å². The Morgan fingerprint density at radius 2 is 1.90 bits per heavy atom. The van der Waals surface area contributed by atoms with Gasteiger partial charge in [0.15, 0.2) is 0 Å². The third-order valence-electron chi connectivity index (χ3n) is 5.57. The molecule has 1 aliphatic carbocycles. The van der Waals surface area contributed by atoms with Crippen LogP contribution in [0.15, 0.2) is 30.3 Å². The smallest absolute Gasteiger partial charge is 0.410 e. The number of nitrogens with two attached hydrogens (primary N) is 1. The molecule has 0 radical (unpaired) electrons. The highest BCUT2D eigenvalue weighted by molar-refractivity contribution is 7.86. The highest BCUT2D eigenvalue weighted by Gasteiger charge is 2.45. The monoisotopic (exact) mass is 425 g/mol. The minimum Gasteiger partial charge on any atom is -0.445 e. The van der Waals surface area contributed by atoms with E-state index in [1.54, 1.807) is 24.3 Å². The molecule has 0 spiro atoms. The van der Waals surface area contributed by atoms with Crippen LogP contribution in [0, 0.1) is 0 Å². The zero-order chi connectivity index (χ0) is 21.0. The van der Waals surface area contributed by atoms with Crippen molar-refractivity contribution in [2.45, 2.75) is 62.1 Å². The SMILES string of the molecule is N[C@@H]1CCCCC1NC(=O)[C@@H]1C[C@H](S(=O)(=O)O)CN1C(=O)OCc1ccccc1. The largest absolute Gasteiger partial charge is 0.445 e. The number of carbonyl (C=O) groups is 2. The van der Waals surface area contributed by atoms with Gasteiger partial charge in [-0.3, -0.25) is 14.2 Å². The molecule has 1 aromatic rings. The summed E-state index contributed by atoms with van der Waals surface area (Å²) in [7, 11) is -4.40.